The van der Waals surface area contributed by atoms with Crippen LogP contribution in [0.2, 0.25) is 0 Å². The molecular formula is C14H15FN2O. The van der Waals surface area contributed by atoms with Gasteiger partial charge in [0.15, 0.2) is 0 Å². The molecule has 0 aliphatic heterocycles. The van der Waals surface area contributed by atoms with E-state index >= 15 is 0 Å². The van der Waals surface area contributed by atoms with E-state index < -0.39 is 0 Å². The number of ether oxygens (including phenoxy) is 1. The minimum Gasteiger partial charge on any atom is -0.481 e. The van der Waals surface area contributed by atoms with Crippen LogP contribution < -0.4 is 10.1 Å². The number of hydrogen-bond donors (Lipinski definition) is 1. The SMILES string of the molecule is COc1cccc(CNc2ccc(F)cc2C)n1. The van der Waals surface area contributed by atoms with Crippen molar-refractivity contribution in [2.75, 3.05) is 12.4 Å². The number of aryl methyl sites for hydroxylation is 1. The van der Waals surface area contributed by atoms with Crippen molar-refractivity contribution >= 4 is 5.69 Å². The monoisotopic (exact) mass is 246 g/mol. The Morgan fingerprint density at radius 1 is 1.28 bits per heavy atom. The molecule has 18 heavy (non-hydrogen) atoms. The van der Waals surface area contributed by atoms with Gasteiger partial charge in [-0.25, -0.2) is 9.37 Å². The predicted octanol–water partition coefficient (Wildman–Crippen LogP) is 3.15. The van der Waals surface area contributed by atoms with Crippen LogP contribution in [-0.2, 0) is 6.54 Å². The second-order valence-electron chi connectivity index (χ2n) is 3.98. The Hall–Kier alpha value is -2.10. The van der Waals surface area contributed by atoms with E-state index in [1.165, 1.54) is 12.1 Å². The molecular weight excluding hydrogens is 231 g/mol. The van der Waals surface area contributed by atoms with E-state index in [-0.39, 0.29) is 5.82 Å². The van der Waals surface area contributed by atoms with E-state index in [2.05, 4.69) is 10.3 Å². The smallest absolute Gasteiger partial charge is 0.213 e. The zero-order valence-corrected chi connectivity index (χ0v) is 10.4. The standard InChI is InChI=1S/C14H15FN2O/c1-10-8-11(15)6-7-13(10)16-9-12-4-3-5-14(17-12)18-2/h3-8,16H,9H2,1-2H3. The third-order valence-corrected chi connectivity index (χ3v) is 2.64. The van der Waals surface area contributed by atoms with Crippen molar-refractivity contribution < 1.29 is 9.13 Å². The minimum atomic E-state index is -0.224. The first-order valence-corrected chi connectivity index (χ1v) is 5.69. The van der Waals surface area contributed by atoms with E-state index in [0.29, 0.717) is 12.4 Å². The lowest BCUT2D eigenvalue weighted by atomic mass is 10.2. The second kappa shape index (κ2) is 5.49. The molecule has 2 rings (SSSR count). The summed E-state index contributed by atoms with van der Waals surface area (Å²) in [6.07, 6.45) is 0. The first-order valence-electron chi connectivity index (χ1n) is 5.69. The van der Waals surface area contributed by atoms with Crippen molar-refractivity contribution in [2.24, 2.45) is 0 Å². The number of pyridine rings is 1. The lowest BCUT2D eigenvalue weighted by Crippen LogP contribution is -2.03. The molecule has 1 N–H and O–H groups in total. The zero-order valence-electron chi connectivity index (χ0n) is 10.4. The van der Waals surface area contributed by atoms with Crippen LogP contribution in [0.15, 0.2) is 36.4 Å². The Morgan fingerprint density at radius 2 is 2.11 bits per heavy atom. The third-order valence-electron chi connectivity index (χ3n) is 2.64. The molecule has 0 spiro atoms. The summed E-state index contributed by atoms with van der Waals surface area (Å²) >= 11 is 0. The Labute approximate surface area is 106 Å². The first-order chi connectivity index (χ1) is 8.69. The number of benzene rings is 1. The molecule has 0 amide bonds. The van der Waals surface area contributed by atoms with E-state index in [4.69, 9.17) is 4.74 Å². The largest absolute Gasteiger partial charge is 0.481 e. The minimum absolute atomic E-state index is 0.224. The normalized spacial score (nSPS) is 10.2. The third kappa shape index (κ3) is 2.97. The van der Waals surface area contributed by atoms with Crippen molar-refractivity contribution in [3.8, 4) is 5.88 Å². The van der Waals surface area contributed by atoms with Crippen molar-refractivity contribution in [3.63, 3.8) is 0 Å². The summed E-state index contributed by atoms with van der Waals surface area (Å²) in [4.78, 5) is 4.29. The molecule has 0 fully saturated rings. The van der Waals surface area contributed by atoms with Crippen molar-refractivity contribution in [3.05, 3.63) is 53.5 Å². The van der Waals surface area contributed by atoms with E-state index in [1.54, 1.807) is 19.2 Å². The molecule has 0 atom stereocenters. The van der Waals surface area contributed by atoms with Crippen LogP contribution in [0.3, 0.4) is 0 Å². The zero-order chi connectivity index (χ0) is 13.0. The van der Waals surface area contributed by atoms with Gasteiger partial charge in [0.1, 0.15) is 5.82 Å². The highest BCUT2D eigenvalue weighted by Crippen LogP contribution is 2.16. The maximum atomic E-state index is 13.0. The molecule has 1 heterocycles. The maximum absolute atomic E-state index is 13.0. The molecule has 1 aromatic carbocycles. The van der Waals surface area contributed by atoms with Gasteiger partial charge in [0.25, 0.3) is 0 Å². The summed E-state index contributed by atoms with van der Waals surface area (Å²) in [7, 11) is 1.59. The Kier molecular flexibility index (Phi) is 3.77. The van der Waals surface area contributed by atoms with Crippen LogP contribution >= 0.6 is 0 Å². The van der Waals surface area contributed by atoms with Gasteiger partial charge in [0.05, 0.1) is 19.3 Å². The van der Waals surface area contributed by atoms with Gasteiger partial charge >= 0.3 is 0 Å². The quantitative estimate of drug-likeness (QED) is 0.899. The summed E-state index contributed by atoms with van der Waals surface area (Å²) in [6.45, 7) is 2.44. The van der Waals surface area contributed by atoms with Gasteiger partial charge < -0.3 is 10.1 Å². The number of aromatic nitrogens is 1. The molecule has 0 saturated carbocycles. The molecule has 1 aromatic heterocycles. The average Bonchev–Trinajstić information content (AvgIpc) is 2.38. The maximum Gasteiger partial charge on any atom is 0.213 e. The highest BCUT2D eigenvalue weighted by molar-refractivity contribution is 5.50. The number of methoxy groups -OCH3 is 1. The van der Waals surface area contributed by atoms with Crippen LogP contribution in [0.4, 0.5) is 10.1 Å². The van der Waals surface area contributed by atoms with E-state index in [1.807, 2.05) is 19.1 Å². The fourth-order valence-electron chi connectivity index (χ4n) is 1.68. The number of anilines is 1. The summed E-state index contributed by atoms with van der Waals surface area (Å²) in [5.74, 6) is 0.364. The number of nitrogens with one attached hydrogen (secondary N) is 1. The number of hydrogen-bond acceptors (Lipinski definition) is 3. The van der Waals surface area contributed by atoms with Crippen molar-refractivity contribution in [1.29, 1.82) is 0 Å². The second-order valence-corrected chi connectivity index (χ2v) is 3.98. The Balaban J connectivity index is 2.06. The number of rotatable bonds is 4. The molecule has 4 heteroatoms. The summed E-state index contributed by atoms with van der Waals surface area (Å²) in [6, 6.07) is 10.3. The Morgan fingerprint density at radius 3 is 2.83 bits per heavy atom. The lowest BCUT2D eigenvalue weighted by Gasteiger charge is -2.09. The molecule has 3 nitrogen and oxygen atoms in total. The average molecular weight is 246 g/mol. The lowest BCUT2D eigenvalue weighted by molar-refractivity contribution is 0.396. The Bertz CT molecular complexity index is 543. The molecule has 0 radical (unpaired) electrons. The number of halogens is 1. The van der Waals surface area contributed by atoms with Gasteiger partial charge in [0.2, 0.25) is 5.88 Å². The summed E-state index contributed by atoms with van der Waals surface area (Å²) in [5.41, 5.74) is 2.65. The van der Waals surface area contributed by atoms with Crippen LogP contribution in [0.25, 0.3) is 0 Å². The van der Waals surface area contributed by atoms with Crippen molar-refractivity contribution in [1.82, 2.24) is 4.98 Å². The van der Waals surface area contributed by atoms with Gasteiger partial charge in [-0.2, -0.15) is 0 Å². The van der Waals surface area contributed by atoms with Gasteiger partial charge in [-0.05, 0) is 36.8 Å². The van der Waals surface area contributed by atoms with Crippen LogP contribution in [0, 0.1) is 12.7 Å². The van der Waals surface area contributed by atoms with E-state index in [9.17, 15) is 4.39 Å². The molecule has 0 saturated heterocycles. The highest BCUT2D eigenvalue weighted by atomic mass is 19.1. The molecule has 94 valence electrons. The predicted molar refractivity (Wildman–Crippen MR) is 69.3 cm³/mol. The molecule has 0 aliphatic carbocycles. The van der Waals surface area contributed by atoms with Crippen LogP contribution in [0.1, 0.15) is 11.3 Å². The van der Waals surface area contributed by atoms with Gasteiger partial charge in [-0.1, -0.05) is 6.07 Å². The van der Waals surface area contributed by atoms with Crippen LogP contribution in [-0.4, -0.2) is 12.1 Å². The van der Waals surface area contributed by atoms with Crippen molar-refractivity contribution in [2.45, 2.75) is 13.5 Å². The summed E-state index contributed by atoms with van der Waals surface area (Å²) < 4.78 is 18.0. The molecule has 0 bridgehead atoms. The van der Waals surface area contributed by atoms with Gasteiger partial charge in [-0.3, -0.25) is 0 Å². The molecule has 2 aromatic rings. The first kappa shape index (κ1) is 12.4. The van der Waals surface area contributed by atoms with Crippen LogP contribution in [0.5, 0.6) is 5.88 Å². The topological polar surface area (TPSA) is 34.1 Å². The fourth-order valence-corrected chi connectivity index (χ4v) is 1.68. The molecule has 0 aliphatic rings. The number of nitrogens with zero attached hydrogens (tertiary/aromatic N) is 1. The van der Waals surface area contributed by atoms with E-state index in [0.717, 1.165) is 16.9 Å². The molecule has 0 unspecified atom stereocenters. The highest BCUT2D eigenvalue weighted by Gasteiger charge is 2.01. The summed E-state index contributed by atoms with van der Waals surface area (Å²) in [5, 5.41) is 3.22. The van der Waals surface area contributed by atoms with Gasteiger partial charge in [0, 0.05) is 11.8 Å². The fraction of sp³-hybridized carbons (Fsp3) is 0.214. The van der Waals surface area contributed by atoms with Gasteiger partial charge in [-0.15, -0.1) is 0 Å².